The molecule has 30 heavy (non-hydrogen) atoms. The highest BCUT2D eigenvalue weighted by atomic mass is 19.1. The van der Waals surface area contributed by atoms with Crippen LogP contribution in [0.2, 0.25) is 0 Å². The number of hydrogen-bond acceptors (Lipinski definition) is 1. The molecule has 0 bridgehead atoms. The zero-order valence-electron chi connectivity index (χ0n) is 17.6. The molecule has 0 spiro atoms. The van der Waals surface area contributed by atoms with E-state index in [-0.39, 0.29) is 11.6 Å². The predicted octanol–water partition coefficient (Wildman–Crippen LogP) is 8.05. The Bertz CT molecular complexity index is 1150. The fourth-order valence-corrected chi connectivity index (χ4v) is 3.91. The molecule has 1 nitrogen and oxygen atoms in total. The average Bonchev–Trinajstić information content (AvgIpc) is 2.79. The van der Waals surface area contributed by atoms with E-state index >= 15 is 0 Å². The van der Waals surface area contributed by atoms with Gasteiger partial charge in [0, 0.05) is 0 Å². The predicted molar refractivity (Wildman–Crippen MR) is 125 cm³/mol. The standard InChI is InChI=1S/C28H27FO/c1-3-4-5-6-20-7-8-25-18-24(14-13-23(25)17-20)21-9-11-22(12-10-21)26-15-16-28(30-2)27(29)19-26/h7-19H,3-6H2,1-2H3. The Balaban J connectivity index is 1.56. The molecule has 4 aromatic rings. The highest BCUT2D eigenvalue weighted by Gasteiger charge is 2.06. The third kappa shape index (κ3) is 4.38. The lowest BCUT2D eigenvalue weighted by Crippen LogP contribution is -1.89. The lowest BCUT2D eigenvalue weighted by molar-refractivity contribution is 0.386. The smallest absolute Gasteiger partial charge is 0.165 e. The minimum absolute atomic E-state index is 0.264. The first-order valence-corrected chi connectivity index (χ1v) is 10.6. The van der Waals surface area contributed by atoms with Crippen LogP contribution in [0.3, 0.4) is 0 Å². The molecule has 0 amide bonds. The minimum Gasteiger partial charge on any atom is -0.494 e. The number of hydrogen-bond donors (Lipinski definition) is 0. The van der Waals surface area contributed by atoms with Gasteiger partial charge in [0.2, 0.25) is 0 Å². The van der Waals surface area contributed by atoms with Crippen molar-refractivity contribution in [3.8, 4) is 28.0 Å². The lowest BCUT2D eigenvalue weighted by Gasteiger charge is -2.09. The maximum atomic E-state index is 14.0. The Kier molecular flexibility index (Phi) is 6.13. The van der Waals surface area contributed by atoms with Gasteiger partial charge in [0.05, 0.1) is 7.11 Å². The molecule has 0 fully saturated rings. The third-order valence-corrected chi connectivity index (χ3v) is 5.68. The Morgan fingerprint density at radius 3 is 1.93 bits per heavy atom. The van der Waals surface area contributed by atoms with Gasteiger partial charge in [-0.1, -0.05) is 80.4 Å². The van der Waals surface area contributed by atoms with Crippen molar-refractivity contribution in [2.75, 3.05) is 7.11 Å². The van der Waals surface area contributed by atoms with Gasteiger partial charge in [-0.3, -0.25) is 0 Å². The molecule has 0 aliphatic heterocycles. The van der Waals surface area contributed by atoms with Crippen LogP contribution >= 0.6 is 0 Å². The second-order valence-corrected chi connectivity index (χ2v) is 7.78. The van der Waals surface area contributed by atoms with E-state index in [9.17, 15) is 4.39 Å². The summed E-state index contributed by atoms with van der Waals surface area (Å²) < 4.78 is 19.0. The highest BCUT2D eigenvalue weighted by Crippen LogP contribution is 2.30. The van der Waals surface area contributed by atoms with E-state index < -0.39 is 0 Å². The van der Waals surface area contributed by atoms with Crippen molar-refractivity contribution in [2.45, 2.75) is 32.6 Å². The van der Waals surface area contributed by atoms with Gasteiger partial charge >= 0.3 is 0 Å². The Morgan fingerprint density at radius 1 is 0.667 bits per heavy atom. The zero-order valence-corrected chi connectivity index (χ0v) is 17.6. The fourth-order valence-electron chi connectivity index (χ4n) is 3.91. The van der Waals surface area contributed by atoms with Crippen LogP contribution in [0.15, 0.2) is 78.9 Å². The van der Waals surface area contributed by atoms with Crippen molar-refractivity contribution in [2.24, 2.45) is 0 Å². The van der Waals surface area contributed by atoms with Gasteiger partial charge in [-0.2, -0.15) is 0 Å². The average molecular weight is 399 g/mol. The molecule has 4 aromatic carbocycles. The lowest BCUT2D eigenvalue weighted by atomic mass is 9.97. The van der Waals surface area contributed by atoms with E-state index in [1.807, 2.05) is 18.2 Å². The first kappa shape index (κ1) is 20.2. The molecule has 152 valence electrons. The summed E-state index contributed by atoms with van der Waals surface area (Å²) in [5.41, 5.74) is 5.59. The molecular formula is C28H27FO. The van der Waals surface area contributed by atoms with Crippen molar-refractivity contribution >= 4 is 10.8 Å². The summed E-state index contributed by atoms with van der Waals surface area (Å²) in [5, 5.41) is 2.55. The van der Waals surface area contributed by atoms with E-state index in [1.54, 1.807) is 6.07 Å². The first-order chi connectivity index (χ1) is 14.7. The normalized spacial score (nSPS) is 11.0. The summed E-state index contributed by atoms with van der Waals surface area (Å²) in [4.78, 5) is 0. The van der Waals surface area contributed by atoms with Crippen LogP contribution in [0.4, 0.5) is 4.39 Å². The van der Waals surface area contributed by atoms with Crippen LogP contribution in [-0.4, -0.2) is 7.11 Å². The van der Waals surface area contributed by atoms with Gasteiger partial charge in [-0.05, 0) is 69.6 Å². The molecule has 0 atom stereocenters. The van der Waals surface area contributed by atoms with Gasteiger partial charge in [0.1, 0.15) is 0 Å². The number of fused-ring (bicyclic) bond motifs is 1. The number of halogens is 1. The number of benzene rings is 4. The van der Waals surface area contributed by atoms with Gasteiger partial charge in [-0.25, -0.2) is 4.39 Å². The molecule has 0 saturated heterocycles. The maximum absolute atomic E-state index is 14.0. The second-order valence-electron chi connectivity index (χ2n) is 7.78. The van der Waals surface area contributed by atoms with Crippen LogP contribution in [-0.2, 0) is 6.42 Å². The van der Waals surface area contributed by atoms with E-state index in [4.69, 9.17) is 4.74 Å². The number of methoxy groups -OCH3 is 1. The van der Waals surface area contributed by atoms with Crippen LogP contribution in [0.25, 0.3) is 33.0 Å². The van der Waals surface area contributed by atoms with Crippen LogP contribution in [0, 0.1) is 5.82 Å². The molecule has 0 radical (unpaired) electrons. The molecule has 0 unspecified atom stereocenters. The summed E-state index contributed by atoms with van der Waals surface area (Å²) in [6.45, 7) is 2.24. The van der Waals surface area contributed by atoms with E-state index in [1.165, 1.54) is 54.3 Å². The zero-order chi connectivity index (χ0) is 20.9. The Labute approximate surface area is 178 Å². The largest absolute Gasteiger partial charge is 0.494 e. The summed E-state index contributed by atoms with van der Waals surface area (Å²) in [6.07, 6.45) is 4.95. The monoisotopic (exact) mass is 398 g/mol. The highest BCUT2D eigenvalue weighted by molar-refractivity contribution is 5.88. The Morgan fingerprint density at radius 2 is 1.27 bits per heavy atom. The van der Waals surface area contributed by atoms with Crippen molar-refractivity contribution in [1.82, 2.24) is 0 Å². The summed E-state index contributed by atoms with van der Waals surface area (Å²) in [7, 11) is 1.48. The van der Waals surface area contributed by atoms with Gasteiger partial charge in [0.25, 0.3) is 0 Å². The third-order valence-electron chi connectivity index (χ3n) is 5.68. The van der Waals surface area contributed by atoms with Gasteiger partial charge in [0.15, 0.2) is 11.6 Å². The molecule has 0 aliphatic rings. The van der Waals surface area contributed by atoms with Crippen LogP contribution in [0.5, 0.6) is 5.75 Å². The molecule has 0 heterocycles. The number of rotatable bonds is 7. The van der Waals surface area contributed by atoms with E-state index in [2.05, 4.69) is 55.5 Å². The summed E-state index contributed by atoms with van der Waals surface area (Å²) in [6, 6.07) is 26.8. The minimum atomic E-state index is -0.345. The van der Waals surface area contributed by atoms with Crippen molar-refractivity contribution in [1.29, 1.82) is 0 Å². The van der Waals surface area contributed by atoms with Crippen molar-refractivity contribution in [3.05, 3.63) is 90.2 Å². The molecule has 0 aromatic heterocycles. The van der Waals surface area contributed by atoms with Crippen molar-refractivity contribution in [3.63, 3.8) is 0 Å². The van der Waals surface area contributed by atoms with Crippen LogP contribution in [0.1, 0.15) is 31.7 Å². The van der Waals surface area contributed by atoms with E-state index in [0.29, 0.717) is 0 Å². The first-order valence-electron chi connectivity index (χ1n) is 10.6. The molecule has 0 N–H and O–H groups in total. The van der Waals surface area contributed by atoms with E-state index in [0.717, 1.165) is 23.1 Å². The summed E-state index contributed by atoms with van der Waals surface area (Å²) >= 11 is 0. The van der Waals surface area contributed by atoms with Crippen molar-refractivity contribution < 1.29 is 9.13 Å². The maximum Gasteiger partial charge on any atom is 0.165 e. The van der Waals surface area contributed by atoms with Gasteiger partial charge < -0.3 is 4.74 Å². The topological polar surface area (TPSA) is 9.23 Å². The second kappa shape index (κ2) is 9.13. The fraction of sp³-hybridized carbons (Fsp3) is 0.214. The number of unbranched alkanes of at least 4 members (excludes halogenated alkanes) is 2. The molecule has 4 rings (SSSR count). The number of aryl methyl sites for hydroxylation is 1. The SMILES string of the molecule is CCCCCc1ccc2cc(-c3ccc(-c4ccc(OC)c(F)c4)cc3)ccc2c1. The quantitative estimate of drug-likeness (QED) is 0.286. The Hall–Kier alpha value is -3.13. The van der Waals surface area contributed by atoms with Gasteiger partial charge in [-0.15, -0.1) is 0 Å². The molecule has 0 saturated carbocycles. The number of ether oxygens (including phenoxy) is 1. The summed E-state index contributed by atoms with van der Waals surface area (Å²) in [5.74, 6) is -0.0808. The molecule has 2 heteroatoms. The molecule has 0 aliphatic carbocycles. The van der Waals surface area contributed by atoms with Crippen LogP contribution < -0.4 is 4.74 Å². The molecular weight excluding hydrogens is 371 g/mol.